The Hall–Kier alpha value is -2.56. The molecule has 1 atom stereocenters. The number of hydrogen-bond donors (Lipinski definition) is 1. The SMILES string of the molecule is CC(Cc1c(Cl)cc(Cl)c(=O)n1CCc1ccc(C(=O)O)cc1)c1ccccc1. The van der Waals surface area contributed by atoms with Crippen molar-refractivity contribution in [2.45, 2.75) is 32.2 Å². The van der Waals surface area contributed by atoms with Crippen LogP contribution in [0, 0.1) is 0 Å². The lowest BCUT2D eigenvalue weighted by Gasteiger charge is -2.19. The summed E-state index contributed by atoms with van der Waals surface area (Å²) in [5.41, 5.74) is 2.81. The molecular weight excluding hydrogens is 409 g/mol. The number of carbonyl (C=O) groups is 1. The number of carboxylic acids is 1. The molecule has 0 saturated heterocycles. The Labute approximate surface area is 179 Å². The van der Waals surface area contributed by atoms with Crippen LogP contribution in [-0.2, 0) is 19.4 Å². The third kappa shape index (κ3) is 5.08. The van der Waals surface area contributed by atoms with Gasteiger partial charge < -0.3 is 9.67 Å². The van der Waals surface area contributed by atoms with E-state index in [2.05, 4.69) is 19.1 Å². The van der Waals surface area contributed by atoms with Crippen molar-refractivity contribution in [1.82, 2.24) is 4.57 Å². The fraction of sp³-hybridized carbons (Fsp3) is 0.217. The van der Waals surface area contributed by atoms with Crippen molar-refractivity contribution in [2.75, 3.05) is 0 Å². The Balaban J connectivity index is 1.87. The molecule has 3 rings (SSSR count). The molecule has 0 spiro atoms. The number of pyridine rings is 1. The molecule has 4 nitrogen and oxygen atoms in total. The van der Waals surface area contributed by atoms with Crippen LogP contribution in [0.2, 0.25) is 10.0 Å². The van der Waals surface area contributed by atoms with E-state index in [4.69, 9.17) is 28.3 Å². The van der Waals surface area contributed by atoms with Gasteiger partial charge in [0.2, 0.25) is 0 Å². The van der Waals surface area contributed by atoms with E-state index in [-0.39, 0.29) is 22.1 Å². The summed E-state index contributed by atoms with van der Waals surface area (Å²) in [6, 6.07) is 18.2. The Morgan fingerprint density at radius 1 is 1.03 bits per heavy atom. The van der Waals surface area contributed by atoms with Gasteiger partial charge in [-0.25, -0.2) is 4.79 Å². The van der Waals surface area contributed by atoms with Gasteiger partial charge in [-0.1, -0.05) is 72.6 Å². The van der Waals surface area contributed by atoms with Crippen LogP contribution in [0.25, 0.3) is 0 Å². The quantitative estimate of drug-likeness (QED) is 0.543. The van der Waals surface area contributed by atoms with Gasteiger partial charge in [0.25, 0.3) is 5.56 Å². The number of halogens is 2. The highest BCUT2D eigenvalue weighted by Gasteiger charge is 2.16. The summed E-state index contributed by atoms with van der Waals surface area (Å²) in [6.45, 7) is 2.50. The number of hydrogen-bond acceptors (Lipinski definition) is 2. The van der Waals surface area contributed by atoms with Crippen LogP contribution in [0.15, 0.2) is 65.5 Å². The molecule has 0 radical (unpaired) electrons. The van der Waals surface area contributed by atoms with Gasteiger partial charge in [0, 0.05) is 12.2 Å². The van der Waals surface area contributed by atoms with Crippen molar-refractivity contribution in [3.05, 3.63) is 103 Å². The van der Waals surface area contributed by atoms with E-state index >= 15 is 0 Å². The van der Waals surface area contributed by atoms with Gasteiger partial charge in [0.15, 0.2) is 0 Å². The minimum Gasteiger partial charge on any atom is -0.478 e. The third-order valence-electron chi connectivity index (χ3n) is 5.00. The van der Waals surface area contributed by atoms with Crippen LogP contribution in [0.3, 0.4) is 0 Å². The molecule has 29 heavy (non-hydrogen) atoms. The number of nitrogens with zero attached hydrogens (tertiary/aromatic N) is 1. The fourth-order valence-corrected chi connectivity index (χ4v) is 3.88. The zero-order valence-electron chi connectivity index (χ0n) is 15.9. The number of aryl methyl sites for hydroxylation is 1. The fourth-order valence-electron chi connectivity index (χ4n) is 3.33. The molecule has 1 heterocycles. The molecular formula is C23H21Cl2NO3. The molecule has 1 aromatic heterocycles. The molecule has 0 bridgehead atoms. The number of carboxylic acid groups (broad SMARTS) is 1. The average Bonchev–Trinajstić information content (AvgIpc) is 2.72. The molecule has 150 valence electrons. The Kier molecular flexibility index (Phi) is 6.78. The second-order valence-corrected chi connectivity index (χ2v) is 7.83. The predicted molar refractivity (Wildman–Crippen MR) is 116 cm³/mol. The minimum atomic E-state index is -0.966. The highest BCUT2D eigenvalue weighted by molar-refractivity contribution is 6.34. The van der Waals surface area contributed by atoms with Gasteiger partial charge in [0.1, 0.15) is 5.02 Å². The van der Waals surface area contributed by atoms with E-state index in [1.54, 1.807) is 28.8 Å². The third-order valence-corrected chi connectivity index (χ3v) is 5.60. The average molecular weight is 430 g/mol. The first-order chi connectivity index (χ1) is 13.9. The summed E-state index contributed by atoms with van der Waals surface area (Å²) in [7, 11) is 0. The van der Waals surface area contributed by atoms with Crippen molar-refractivity contribution in [3.8, 4) is 0 Å². The molecule has 2 aromatic carbocycles. The van der Waals surface area contributed by atoms with Crippen LogP contribution in [-0.4, -0.2) is 15.6 Å². The van der Waals surface area contributed by atoms with Crippen molar-refractivity contribution < 1.29 is 9.90 Å². The van der Waals surface area contributed by atoms with Crippen molar-refractivity contribution in [1.29, 1.82) is 0 Å². The molecule has 3 aromatic rings. The monoisotopic (exact) mass is 429 g/mol. The number of benzene rings is 2. The molecule has 1 N–H and O–H groups in total. The first kappa shape index (κ1) is 21.2. The predicted octanol–water partition coefficient (Wildman–Crippen LogP) is 5.44. The number of rotatable bonds is 7. The lowest BCUT2D eigenvalue weighted by atomic mass is 9.95. The lowest BCUT2D eigenvalue weighted by molar-refractivity contribution is 0.0697. The van der Waals surface area contributed by atoms with E-state index in [9.17, 15) is 9.59 Å². The first-order valence-corrected chi connectivity index (χ1v) is 10.1. The normalized spacial score (nSPS) is 12.0. The van der Waals surface area contributed by atoms with E-state index < -0.39 is 5.97 Å². The maximum atomic E-state index is 12.7. The molecule has 0 saturated carbocycles. The molecule has 0 aliphatic rings. The molecule has 0 amide bonds. The Morgan fingerprint density at radius 3 is 2.31 bits per heavy atom. The molecule has 6 heteroatoms. The van der Waals surface area contributed by atoms with Crippen LogP contribution in [0.1, 0.15) is 40.0 Å². The van der Waals surface area contributed by atoms with Gasteiger partial charge in [0.05, 0.1) is 10.6 Å². The lowest BCUT2D eigenvalue weighted by Crippen LogP contribution is -2.26. The van der Waals surface area contributed by atoms with Crippen LogP contribution in [0.4, 0.5) is 0 Å². The van der Waals surface area contributed by atoms with Crippen LogP contribution < -0.4 is 5.56 Å². The first-order valence-electron chi connectivity index (χ1n) is 9.31. The topological polar surface area (TPSA) is 59.3 Å². The minimum absolute atomic E-state index is 0.0901. The van der Waals surface area contributed by atoms with Crippen LogP contribution in [0.5, 0.6) is 0 Å². The maximum absolute atomic E-state index is 12.7. The molecule has 0 aliphatic carbocycles. The van der Waals surface area contributed by atoms with Gasteiger partial charge in [-0.3, -0.25) is 4.79 Å². The molecule has 0 fully saturated rings. The van der Waals surface area contributed by atoms with Crippen molar-refractivity contribution >= 4 is 29.2 Å². The Morgan fingerprint density at radius 2 is 1.69 bits per heavy atom. The largest absolute Gasteiger partial charge is 0.478 e. The summed E-state index contributed by atoms with van der Waals surface area (Å²) in [5, 5.41) is 9.58. The number of aromatic carboxylic acids is 1. The van der Waals surface area contributed by atoms with Crippen molar-refractivity contribution in [3.63, 3.8) is 0 Å². The second-order valence-electron chi connectivity index (χ2n) is 7.01. The maximum Gasteiger partial charge on any atom is 0.335 e. The summed E-state index contributed by atoms with van der Waals surface area (Å²) in [6.07, 6.45) is 1.16. The summed E-state index contributed by atoms with van der Waals surface area (Å²) in [4.78, 5) is 23.7. The zero-order chi connectivity index (χ0) is 21.0. The van der Waals surface area contributed by atoms with Gasteiger partial charge >= 0.3 is 5.97 Å². The highest BCUT2D eigenvalue weighted by atomic mass is 35.5. The van der Waals surface area contributed by atoms with E-state index in [0.717, 1.165) is 11.3 Å². The zero-order valence-corrected chi connectivity index (χ0v) is 17.5. The van der Waals surface area contributed by atoms with Gasteiger partial charge in [-0.15, -0.1) is 0 Å². The van der Waals surface area contributed by atoms with E-state index in [0.29, 0.717) is 24.4 Å². The number of aromatic nitrogens is 1. The van der Waals surface area contributed by atoms with Crippen LogP contribution >= 0.6 is 23.2 Å². The van der Waals surface area contributed by atoms with E-state index in [1.807, 2.05) is 18.2 Å². The summed E-state index contributed by atoms with van der Waals surface area (Å²) >= 11 is 12.6. The molecule has 0 aliphatic heterocycles. The highest BCUT2D eigenvalue weighted by Crippen LogP contribution is 2.26. The van der Waals surface area contributed by atoms with E-state index in [1.165, 1.54) is 11.6 Å². The summed E-state index contributed by atoms with van der Waals surface area (Å²) < 4.78 is 1.63. The van der Waals surface area contributed by atoms with Gasteiger partial charge in [-0.2, -0.15) is 0 Å². The molecule has 1 unspecified atom stereocenters. The van der Waals surface area contributed by atoms with Gasteiger partial charge in [-0.05, 0) is 48.1 Å². The second kappa shape index (κ2) is 9.29. The Bertz CT molecular complexity index is 1060. The summed E-state index contributed by atoms with van der Waals surface area (Å²) in [5.74, 6) is -0.790. The van der Waals surface area contributed by atoms with Crippen molar-refractivity contribution in [2.24, 2.45) is 0 Å². The smallest absolute Gasteiger partial charge is 0.335 e. The standard InChI is InChI=1S/C23H21Cl2NO3/c1-15(17-5-3-2-4-6-17)13-21-19(24)14-20(25)22(27)26(21)12-11-16-7-9-18(10-8-16)23(28)29/h2-10,14-15H,11-13H2,1H3,(H,28,29).